The fourth-order valence-corrected chi connectivity index (χ4v) is 4.36. The van der Waals surface area contributed by atoms with E-state index in [0.717, 1.165) is 33.3 Å². The van der Waals surface area contributed by atoms with Crippen LogP contribution in [0.2, 0.25) is 0 Å². The molecular formula is C28H29FN2O3. The number of nitrogens with one attached hydrogen (secondary N) is 1. The summed E-state index contributed by atoms with van der Waals surface area (Å²) in [6.07, 6.45) is 2.38. The normalized spacial score (nSPS) is 12.0. The molecule has 0 bridgehead atoms. The first kappa shape index (κ1) is 23.5. The Morgan fingerprint density at radius 2 is 1.71 bits per heavy atom. The van der Waals surface area contributed by atoms with Gasteiger partial charge in [-0.1, -0.05) is 48.5 Å². The van der Waals surface area contributed by atoms with Crippen molar-refractivity contribution in [2.24, 2.45) is 0 Å². The lowest BCUT2D eigenvalue weighted by Gasteiger charge is -2.20. The minimum atomic E-state index is -0.252. The van der Waals surface area contributed by atoms with Crippen LogP contribution in [-0.4, -0.2) is 37.8 Å². The molecule has 5 nitrogen and oxygen atoms in total. The number of ether oxygens (including phenoxy) is 2. The molecule has 34 heavy (non-hydrogen) atoms. The van der Waals surface area contributed by atoms with Gasteiger partial charge in [0.05, 0.1) is 13.7 Å². The summed E-state index contributed by atoms with van der Waals surface area (Å²) < 4.78 is 26.3. The molecule has 1 N–H and O–H groups in total. The van der Waals surface area contributed by atoms with Gasteiger partial charge in [0.25, 0.3) is 0 Å². The molecule has 6 heteroatoms. The van der Waals surface area contributed by atoms with E-state index in [9.17, 15) is 9.18 Å². The number of hydrogen-bond acceptors (Lipinski definition) is 3. The molecule has 1 unspecified atom stereocenters. The molecule has 1 amide bonds. The molecule has 0 saturated carbocycles. The summed E-state index contributed by atoms with van der Waals surface area (Å²) in [6.45, 7) is 1.52. The monoisotopic (exact) mass is 460 g/mol. The second-order valence-electron chi connectivity index (χ2n) is 8.20. The fraction of sp³-hybridized carbons (Fsp3) is 0.250. The third kappa shape index (κ3) is 5.29. The molecule has 4 aromatic rings. The van der Waals surface area contributed by atoms with E-state index in [-0.39, 0.29) is 24.1 Å². The zero-order chi connectivity index (χ0) is 23.9. The molecule has 0 radical (unpaired) electrons. The Hall–Kier alpha value is -3.64. The number of halogens is 1. The fourth-order valence-electron chi connectivity index (χ4n) is 4.36. The Kier molecular flexibility index (Phi) is 7.60. The lowest BCUT2D eigenvalue weighted by molar-refractivity contribution is -0.121. The molecule has 0 aliphatic carbocycles. The molecule has 0 saturated heterocycles. The van der Waals surface area contributed by atoms with Crippen LogP contribution in [0.4, 0.5) is 4.39 Å². The van der Waals surface area contributed by atoms with Crippen molar-refractivity contribution in [3.8, 4) is 5.75 Å². The Balaban J connectivity index is 1.77. The maximum Gasteiger partial charge on any atom is 0.221 e. The van der Waals surface area contributed by atoms with Gasteiger partial charge in [-0.25, -0.2) is 4.39 Å². The molecule has 3 aromatic carbocycles. The van der Waals surface area contributed by atoms with Crippen molar-refractivity contribution in [1.29, 1.82) is 0 Å². The Labute approximate surface area is 199 Å². The molecule has 0 fully saturated rings. The van der Waals surface area contributed by atoms with Gasteiger partial charge < -0.3 is 19.4 Å². The third-order valence-electron chi connectivity index (χ3n) is 5.99. The highest BCUT2D eigenvalue weighted by Gasteiger charge is 2.25. The van der Waals surface area contributed by atoms with Crippen LogP contribution in [0.3, 0.4) is 0 Å². The highest BCUT2D eigenvalue weighted by Crippen LogP contribution is 2.38. The average molecular weight is 461 g/mol. The topological polar surface area (TPSA) is 52.5 Å². The predicted molar refractivity (Wildman–Crippen MR) is 132 cm³/mol. The van der Waals surface area contributed by atoms with Gasteiger partial charge in [-0.3, -0.25) is 4.79 Å². The number of hydrogen-bond donors (Lipinski definition) is 1. The quantitative estimate of drug-likeness (QED) is 0.334. The minimum Gasteiger partial charge on any atom is -0.496 e. The summed E-state index contributed by atoms with van der Waals surface area (Å²) >= 11 is 0. The summed E-state index contributed by atoms with van der Waals surface area (Å²) in [6, 6.07) is 22.5. The van der Waals surface area contributed by atoms with Crippen molar-refractivity contribution in [1.82, 2.24) is 9.88 Å². The summed E-state index contributed by atoms with van der Waals surface area (Å²) in [5.41, 5.74) is 4.06. The number of methoxy groups -OCH3 is 2. The van der Waals surface area contributed by atoms with Crippen molar-refractivity contribution in [2.75, 3.05) is 27.4 Å². The number of nitrogens with zero attached hydrogens (tertiary/aromatic N) is 1. The van der Waals surface area contributed by atoms with Crippen LogP contribution < -0.4 is 10.1 Å². The highest BCUT2D eigenvalue weighted by atomic mass is 19.1. The van der Waals surface area contributed by atoms with Gasteiger partial charge in [0.15, 0.2) is 0 Å². The largest absolute Gasteiger partial charge is 0.496 e. The molecule has 1 aromatic heterocycles. The van der Waals surface area contributed by atoms with E-state index >= 15 is 0 Å². The zero-order valence-electron chi connectivity index (χ0n) is 19.5. The van der Waals surface area contributed by atoms with Crippen LogP contribution in [0.1, 0.15) is 29.0 Å². The first-order chi connectivity index (χ1) is 16.6. The molecule has 4 rings (SSSR count). The van der Waals surface area contributed by atoms with Gasteiger partial charge in [-0.15, -0.1) is 0 Å². The van der Waals surface area contributed by atoms with E-state index in [1.54, 1.807) is 26.4 Å². The standard InChI is InChI=1S/C28H29FN2O3/c1-33-16-15-30-28(32)17-24(23-8-4-6-10-27(23)34-2)25-19-31(26-9-5-3-7-22(25)26)18-20-11-13-21(29)14-12-20/h3-14,19,24H,15-18H2,1-2H3,(H,30,32). The number of para-hydroxylation sites is 2. The van der Waals surface area contributed by atoms with Crippen molar-refractivity contribution >= 4 is 16.8 Å². The Morgan fingerprint density at radius 1 is 0.971 bits per heavy atom. The smallest absolute Gasteiger partial charge is 0.221 e. The van der Waals surface area contributed by atoms with E-state index in [1.165, 1.54) is 12.1 Å². The minimum absolute atomic E-state index is 0.0525. The summed E-state index contributed by atoms with van der Waals surface area (Å²) in [4.78, 5) is 12.9. The van der Waals surface area contributed by atoms with Gasteiger partial charge in [0, 0.05) is 55.2 Å². The lowest BCUT2D eigenvalue weighted by atomic mass is 9.87. The van der Waals surface area contributed by atoms with Crippen LogP contribution in [0.25, 0.3) is 10.9 Å². The maximum absolute atomic E-state index is 13.4. The van der Waals surface area contributed by atoms with Gasteiger partial charge in [0.1, 0.15) is 11.6 Å². The molecular weight excluding hydrogens is 431 g/mol. The number of carbonyl (C=O) groups is 1. The van der Waals surface area contributed by atoms with Gasteiger partial charge in [-0.05, 0) is 35.4 Å². The van der Waals surface area contributed by atoms with E-state index in [1.807, 2.05) is 36.4 Å². The second kappa shape index (κ2) is 11.0. The van der Waals surface area contributed by atoms with E-state index in [4.69, 9.17) is 9.47 Å². The molecule has 1 heterocycles. The first-order valence-corrected chi connectivity index (χ1v) is 11.3. The molecule has 176 valence electrons. The van der Waals surface area contributed by atoms with Gasteiger partial charge in [-0.2, -0.15) is 0 Å². The van der Waals surface area contributed by atoms with Crippen LogP contribution in [-0.2, 0) is 16.1 Å². The lowest BCUT2D eigenvalue weighted by Crippen LogP contribution is -2.28. The van der Waals surface area contributed by atoms with Gasteiger partial charge >= 0.3 is 0 Å². The van der Waals surface area contributed by atoms with E-state index < -0.39 is 0 Å². The molecule has 0 spiro atoms. The molecule has 1 atom stereocenters. The zero-order valence-corrected chi connectivity index (χ0v) is 19.5. The average Bonchev–Trinajstić information content (AvgIpc) is 3.22. The third-order valence-corrected chi connectivity index (χ3v) is 5.99. The number of aromatic nitrogens is 1. The van der Waals surface area contributed by atoms with Crippen LogP contribution in [0, 0.1) is 5.82 Å². The number of amides is 1. The SMILES string of the molecule is COCCNC(=O)CC(c1ccccc1OC)c1cn(Cc2ccc(F)cc2)c2ccccc12. The van der Waals surface area contributed by atoms with Crippen molar-refractivity contribution in [3.63, 3.8) is 0 Å². The predicted octanol–water partition coefficient (Wildman–Crippen LogP) is 5.12. The summed E-state index contributed by atoms with van der Waals surface area (Å²) in [5, 5.41) is 4.02. The van der Waals surface area contributed by atoms with Crippen LogP contribution in [0.15, 0.2) is 79.0 Å². The summed E-state index contributed by atoms with van der Waals surface area (Å²) in [5.74, 6) is 0.228. The number of carbonyl (C=O) groups excluding carboxylic acids is 1. The van der Waals surface area contributed by atoms with Crippen molar-refractivity contribution in [3.05, 3.63) is 102 Å². The van der Waals surface area contributed by atoms with Gasteiger partial charge in [0.2, 0.25) is 5.91 Å². The highest BCUT2D eigenvalue weighted by molar-refractivity contribution is 5.87. The van der Waals surface area contributed by atoms with E-state index in [0.29, 0.717) is 19.7 Å². The summed E-state index contributed by atoms with van der Waals surface area (Å²) in [7, 11) is 3.26. The van der Waals surface area contributed by atoms with Crippen LogP contribution >= 0.6 is 0 Å². The second-order valence-corrected chi connectivity index (χ2v) is 8.20. The number of fused-ring (bicyclic) bond motifs is 1. The van der Waals surface area contributed by atoms with Crippen molar-refractivity contribution < 1.29 is 18.7 Å². The van der Waals surface area contributed by atoms with Crippen LogP contribution in [0.5, 0.6) is 5.75 Å². The number of rotatable bonds is 10. The molecule has 0 aliphatic rings. The maximum atomic E-state index is 13.4. The molecule has 0 aliphatic heterocycles. The Bertz CT molecular complexity index is 1250. The Morgan fingerprint density at radius 3 is 2.47 bits per heavy atom. The number of benzene rings is 3. The first-order valence-electron chi connectivity index (χ1n) is 11.3. The van der Waals surface area contributed by atoms with E-state index in [2.05, 4.69) is 28.2 Å². The van der Waals surface area contributed by atoms with Crippen molar-refractivity contribution in [2.45, 2.75) is 18.9 Å².